The molecular formula is C18H19N5O. The minimum absolute atomic E-state index is 0.122. The number of benzene rings is 1. The van der Waals surface area contributed by atoms with Crippen molar-refractivity contribution in [1.29, 1.82) is 0 Å². The molecule has 1 N–H and O–H groups in total. The van der Waals surface area contributed by atoms with Gasteiger partial charge in [-0.15, -0.1) is 0 Å². The molecular weight excluding hydrogens is 302 g/mol. The number of rotatable bonds is 6. The van der Waals surface area contributed by atoms with Crippen molar-refractivity contribution in [2.24, 2.45) is 0 Å². The Balaban J connectivity index is 1.74. The highest BCUT2D eigenvalue weighted by Gasteiger charge is 2.17. The predicted molar refractivity (Wildman–Crippen MR) is 90.0 cm³/mol. The van der Waals surface area contributed by atoms with Crippen molar-refractivity contribution < 1.29 is 4.79 Å². The van der Waals surface area contributed by atoms with Crippen LogP contribution in [0.1, 0.15) is 22.9 Å². The van der Waals surface area contributed by atoms with Crippen molar-refractivity contribution in [3.05, 3.63) is 78.1 Å². The van der Waals surface area contributed by atoms with Crippen molar-refractivity contribution in [2.45, 2.75) is 25.9 Å². The zero-order valence-corrected chi connectivity index (χ0v) is 13.5. The minimum Gasteiger partial charge on any atom is -0.346 e. The number of carbonyl (C=O) groups is 1. The summed E-state index contributed by atoms with van der Waals surface area (Å²) < 4.78 is 1.50. The lowest BCUT2D eigenvalue weighted by molar-refractivity contribution is -0.122. The summed E-state index contributed by atoms with van der Waals surface area (Å²) in [5.41, 5.74) is 3.20. The summed E-state index contributed by atoms with van der Waals surface area (Å²) in [6, 6.07) is 13.8. The molecule has 122 valence electrons. The van der Waals surface area contributed by atoms with Gasteiger partial charge in [-0.1, -0.05) is 35.9 Å². The number of amides is 1. The highest BCUT2D eigenvalue weighted by Crippen LogP contribution is 2.17. The third-order valence-corrected chi connectivity index (χ3v) is 3.71. The van der Waals surface area contributed by atoms with Crippen LogP contribution < -0.4 is 5.32 Å². The summed E-state index contributed by atoms with van der Waals surface area (Å²) in [6.45, 7) is 2.19. The smallest absolute Gasteiger partial charge is 0.242 e. The molecule has 0 bridgehead atoms. The van der Waals surface area contributed by atoms with Gasteiger partial charge in [-0.3, -0.25) is 9.78 Å². The first kappa shape index (κ1) is 15.9. The van der Waals surface area contributed by atoms with Crippen LogP contribution in [0, 0.1) is 6.92 Å². The van der Waals surface area contributed by atoms with Crippen LogP contribution in [-0.2, 0) is 17.8 Å². The van der Waals surface area contributed by atoms with Crippen LogP contribution in [0.3, 0.4) is 0 Å². The Kier molecular flexibility index (Phi) is 4.96. The lowest BCUT2D eigenvalue weighted by atomic mass is 10.0. The summed E-state index contributed by atoms with van der Waals surface area (Å²) in [7, 11) is 0. The molecule has 1 unspecified atom stereocenters. The number of aryl methyl sites for hydroxylation is 1. The molecule has 2 aromatic heterocycles. The number of carbonyl (C=O) groups excluding carboxylic acids is 1. The van der Waals surface area contributed by atoms with E-state index in [1.807, 2.05) is 18.2 Å². The third kappa shape index (κ3) is 4.25. The maximum absolute atomic E-state index is 12.3. The summed E-state index contributed by atoms with van der Waals surface area (Å²) in [6.07, 6.45) is 5.35. The Morgan fingerprint density at radius 3 is 2.71 bits per heavy atom. The van der Waals surface area contributed by atoms with E-state index in [1.165, 1.54) is 22.9 Å². The van der Waals surface area contributed by atoms with E-state index >= 15 is 0 Å². The van der Waals surface area contributed by atoms with E-state index in [2.05, 4.69) is 51.6 Å². The second-order valence-electron chi connectivity index (χ2n) is 5.66. The maximum atomic E-state index is 12.3. The molecule has 0 saturated carbocycles. The van der Waals surface area contributed by atoms with Crippen LogP contribution >= 0.6 is 0 Å². The highest BCUT2D eigenvalue weighted by molar-refractivity contribution is 5.76. The van der Waals surface area contributed by atoms with Gasteiger partial charge in [0.05, 0.1) is 11.7 Å². The number of aromatic nitrogens is 4. The second-order valence-corrected chi connectivity index (χ2v) is 5.66. The van der Waals surface area contributed by atoms with Gasteiger partial charge in [-0.2, -0.15) is 5.10 Å². The van der Waals surface area contributed by atoms with Gasteiger partial charge in [0.25, 0.3) is 0 Å². The van der Waals surface area contributed by atoms with Crippen molar-refractivity contribution in [3.8, 4) is 0 Å². The first-order chi connectivity index (χ1) is 11.7. The molecule has 0 fully saturated rings. The number of hydrogen-bond donors (Lipinski definition) is 1. The second kappa shape index (κ2) is 7.50. The van der Waals surface area contributed by atoms with Crippen LogP contribution in [0.4, 0.5) is 0 Å². The Bertz CT molecular complexity index is 769. The Labute approximate surface area is 140 Å². The standard InChI is InChI=1S/C18H19N5O/c1-14-5-7-15(8-6-14)10-17(16-4-2-3-9-20-16)22-18(24)11-23-13-19-12-21-23/h2-9,12-13,17H,10-11H2,1H3,(H,22,24). The number of nitrogens with zero attached hydrogens (tertiary/aromatic N) is 4. The Morgan fingerprint density at radius 2 is 2.04 bits per heavy atom. The van der Waals surface area contributed by atoms with Gasteiger partial charge >= 0.3 is 0 Å². The zero-order valence-electron chi connectivity index (χ0n) is 13.5. The molecule has 3 aromatic rings. The monoisotopic (exact) mass is 321 g/mol. The lowest BCUT2D eigenvalue weighted by Gasteiger charge is -2.18. The van der Waals surface area contributed by atoms with Crippen molar-refractivity contribution in [3.63, 3.8) is 0 Å². The SMILES string of the molecule is Cc1ccc(CC(NC(=O)Cn2cncn2)c2ccccn2)cc1. The van der Waals surface area contributed by atoms with Gasteiger partial charge in [0, 0.05) is 6.20 Å². The first-order valence-electron chi connectivity index (χ1n) is 7.79. The molecule has 3 rings (SSSR count). The molecule has 6 heteroatoms. The quantitative estimate of drug-likeness (QED) is 0.754. The summed E-state index contributed by atoms with van der Waals surface area (Å²) in [5, 5.41) is 7.00. The van der Waals surface area contributed by atoms with E-state index in [1.54, 1.807) is 6.20 Å². The molecule has 0 spiro atoms. The Morgan fingerprint density at radius 1 is 1.21 bits per heavy atom. The molecule has 2 heterocycles. The summed E-state index contributed by atoms with van der Waals surface area (Å²) in [5.74, 6) is -0.122. The van der Waals surface area contributed by atoms with Crippen LogP contribution in [0.15, 0.2) is 61.3 Å². The van der Waals surface area contributed by atoms with E-state index in [0.29, 0.717) is 6.42 Å². The molecule has 0 radical (unpaired) electrons. The fourth-order valence-corrected chi connectivity index (χ4v) is 2.47. The van der Waals surface area contributed by atoms with Crippen molar-refractivity contribution >= 4 is 5.91 Å². The molecule has 1 atom stereocenters. The predicted octanol–water partition coefficient (Wildman–Crippen LogP) is 2.08. The van der Waals surface area contributed by atoms with E-state index in [9.17, 15) is 4.79 Å². The molecule has 1 aromatic carbocycles. The van der Waals surface area contributed by atoms with Crippen LogP contribution in [0.2, 0.25) is 0 Å². The maximum Gasteiger partial charge on any atom is 0.242 e. The lowest BCUT2D eigenvalue weighted by Crippen LogP contribution is -2.33. The first-order valence-corrected chi connectivity index (χ1v) is 7.79. The largest absolute Gasteiger partial charge is 0.346 e. The van der Waals surface area contributed by atoms with Gasteiger partial charge < -0.3 is 5.32 Å². The van der Waals surface area contributed by atoms with E-state index < -0.39 is 0 Å². The average Bonchev–Trinajstić information content (AvgIpc) is 3.10. The van der Waals surface area contributed by atoms with E-state index in [-0.39, 0.29) is 18.5 Å². The molecule has 24 heavy (non-hydrogen) atoms. The fraction of sp³-hybridized carbons (Fsp3) is 0.222. The van der Waals surface area contributed by atoms with Crippen molar-refractivity contribution in [2.75, 3.05) is 0 Å². The normalized spacial score (nSPS) is 11.9. The molecule has 1 amide bonds. The minimum atomic E-state index is -0.190. The van der Waals surface area contributed by atoms with Gasteiger partial charge in [0.2, 0.25) is 5.91 Å². The Hall–Kier alpha value is -3.02. The van der Waals surface area contributed by atoms with E-state index in [4.69, 9.17) is 0 Å². The molecule has 0 aliphatic heterocycles. The topological polar surface area (TPSA) is 72.7 Å². The molecule has 6 nitrogen and oxygen atoms in total. The summed E-state index contributed by atoms with van der Waals surface area (Å²) in [4.78, 5) is 20.6. The number of pyridine rings is 1. The van der Waals surface area contributed by atoms with Crippen molar-refractivity contribution in [1.82, 2.24) is 25.1 Å². The zero-order chi connectivity index (χ0) is 16.8. The van der Waals surface area contributed by atoms with Gasteiger partial charge in [0.1, 0.15) is 19.2 Å². The van der Waals surface area contributed by atoms with Crippen LogP contribution in [0.5, 0.6) is 0 Å². The van der Waals surface area contributed by atoms with E-state index in [0.717, 1.165) is 11.3 Å². The average molecular weight is 321 g/mol. The third-order valence-electron chi connectivity index (χ3n) is 3.71. The van der Waals surface area contributed by atoms with Crippen LogP contribution in [0.25, 0.3) is 0 Å². The molecule has 0 aliphatic carbocycles. The van der Waals surface area contributed by atoms with Gasteiger partial charge in [-0.05, 0) is 31.0 Å². The summed E-state index contributed by atoms with van der Waals surface area (Å²) >= 11 is 0. The molecule has 0 aliphatic rings. The molecule has 0 saturated heterocycles. The van der Waals surface area contributed by atoms with Crippen LogP contribution in [-0.4, -0.2) is 25.7 Å². The van der Waals surface area contributed by atoms with Gasteiger partial charge in [0.15, 0.2) is 0 Å². The van der Waals surface area contributed by atoms with Gasteiger partial charge in [-0.25, -0.2) is 9.67 Å². The number of hydrogen-bond acceptors (Lipinski definition) is 4. The number of nitrogens with one attached hydrogen (secondary N) is 1. The highest BCUT2D eigenvalue weighted by atomic mass is 16.2. The fourth-order valence-electron chi connectivity index (χ4n) is 2.47.